The zero-order chi connectivity index (χ0) is 52.2. The molecule has 6 N–H and O–H groups in total. The number of ether oxygens (including phenoxy) is 2. The molecule has 0 aromatic heterocycles. The van der Waals surface area contributed by atoms with Crippen LogP contribution in [-0.4, -0.2) is 87.5 Å². The summed E-state index contributed by atoms with van der Waals surface area (Å²) in [5, 5.41) is 54.5. The molecule has 1 fully saturated rings. The van der Waals surface area contributed by atoms with Crippen LogP contribution in [0, 0.1) is 0 Å². The van der Waals surface area contributed by atoms with Crippen molar-refractivity contribution < 1.29 is 39.8 Å². The van der Waals surface area contributed by atoms with Gasteiger partial charge in [0.25, 0.3) is 0 Å². The summed E-state index contributed by atoms with van der Waals surface area (Å²) in [5.74, 6) is -0.191. The lowest BCUT2D eigenvalue weighted by molar-refractivity contribution is -0.302. The van der Waals surface area contributed by atoms with Crippen LogP contribution in [0.4, 0.5) is 0 Å². The van der Waals surface area contributed by atoms with Crippen molar-refractivity contribution in [3.63, 3.8) is 0 Å². The number of rotatable bonds is 53. The number of allylic oxidation sites excluding steroid dienone is 7. The minimum absolute atomic E-state index is 0.191. The van der Waals surface area contributed by atoms with Gasteiger partial charge in [-0.15, -0.1) is 0 Å². The van der Waals surface area contributed by atoms with Crippen molar-refractivity contribution in [1.82, 2.24) is 5.32 Å². The molecule has 0 aromatic carbocycles. The van der Waals surface area contributed by atoms with Gasteiger partial charge in [0.15, 0.2) is 6.29 Å². The Bertz CT molecular complexity index is 1270. The Labute approximate surface area is 444 Å². The molecule has 7 atom stereocenters. The fourth-order valence-corrected chi connectivity index (χ4v) is 9.72. The Balaban J connectivity index is 2.23. The molecule has 7 unspecified atom stereocenters. The maximum Gasteiger partial charge on any atom is 0.220 e. The van der Waals surface area contributed by atoms with E-state index >= 15 is 0 Å². The first-order chi connectivity index (χ1) is 35.3. The lowest BCUT2D eigenvalue weighted by Crippen LogP contribution is -2.60. The maximum atomic E-state index is 13.1. The third-order valence-corrected chi connectivity index (χ3v) is 14.6. The van der Waals surface area contributed by atoms with Gasteiger partial charge in [-0.1, -0.05) is 262 Å². The Hall–Kier alpha value is -1.85. The first-order valence-electron chi connectivity index (χ1n) is 30.9. The van der Waals surface area contributed by atoms with E-state index in [1.807, 2.05) is 6.08 Å². The number of carbonyl (C=O) groups is 1. The van der Waals surface area contributed by atoms with Gasteiger partial charge in [0.05, 0.1) is 25.4 Å². The molecule has 1 saturated heterocycles. The van der Waals surface area contributed by atoms with Crippen molar-refractivity contribution in [1.29, 1.82) is 0 Å². The van der Waals surface area contributed by atoms with Gasteiger partial charge < -0.3 is 40.3 Å². The molecule has 1 aliphatic heterocycles. The topological polar surface area (TPSA) is 149 Å². The molecule has 0 bridgehead atoms. The zero-order valence-corrected chi connectivity index (χ0v) is 46.9. The number of hydrogen-bond donors (Lipinski definition) is 6. The van der Waals surface area contributed by atoms with Gasteiger partial charge in [0, 0.05) is 6.42 Å². The molecule has 0 radical (unpaired) electrons. The molecule has 0 spiro atoms. The molecule has 9 nitrogen and oxygen atoms in total. The molecular formula is C63H117NO8. The van der Waals surface area contributed by atoms with Gasteiger partial charge in [-0.2, -0.15) is 0 Å². The summed E-state index contributed by atoms with van der Waals surface area (Å²) in [6, 6.07) is -0.831. The highest BCUT2D eigenvalue weighted by atomic mass is 16.7. The second-order valence-electron chi connectivity index (χ2n) is 21.5. The van der Waals surface area contributed by atoms with Gasteiger partial charge in [-0.3, -0.25) is 4.79 Å². The van der Waals surface area contributed by atoms with Crippen LogP contribution in [-0.2, 0) is 14.3 Å². The average Bonchev–Trinajstić information content (AvgIpc) is 3.38. The maximum absolute atomic E-state index is 13.1. The van der Waals surface area contributed by atoms with E-state index in [0.717, 1.165) is 44.9 Å². The summed E-state index contributed by atoms with van der Waals surface area (Å²) in [4.78, 5) is 13.1. The normalized spacial score (nSPS) is 19.5. The van der Waals surface area contributed by atoms with Gasteiger partial charge in [0.2, 0.25) is 5.91 Å². The predicted octanol–water partition coefficient (Wildman–Crippen LogP) is 15.7. The number of aliphatic hydroxyl groups excluding tert-OH is 5. The Morgan fingerprint density at radius 1 is 0.458 bits per heavy atom. The standard InChI is InChI=1S/C63H117NO8/c1-3-5-7-9-11-13-15-17-19-21-23-25-26-27-28-29-30-31-33-34-36-38-40-42-44-46-48-50-52-57(66)56(55-71-63-62(70)61(69)60(68)58(54-65)72-63)64-59(67)53-51-49-47-45-43-41-39-37-35-32-24-22-20-18-16-14-12-10-8-6-4-2/h22,24,34,36,42,44,50,52,56-58,60-63,65-66,68-70H,3-21,23,25-33,35,37-41,43,45-49,51,53-55H2,1-2H3,(H,64,67)/b24-22-,36-34+,44-42+,52-50+. The minimum atomic E-state index is -1.58. The molecule has 1 heterocycles. The second-order valence-corrected chi connectivity index (χ2v) is 21.5. The Morgan fingerprint density at radius 2 is 0.792 bits per heavy atom. The monoisotopic (exact) mass is 1020 g/mol. The number of carbonyl (C=O) groups excluding carboxylic acids is 1. The minimum Gasteiger partial charge on any atom is -0.394 e. The van der Waals surface area contributed by atoms with Crippen LogP contribution in [0.25, 0.3) is 0 Å². The average molecular weight is 1020 g/mol. The SMILES string of the molecule is CCCCCCCCCC/C=C\CCCCCCCCCCCC(=O)NC(COC1OC(CO)C(O)C(O)C1O)C(O)/C=C/CC/C=C/CC/C=C/CCCCCCCCCCCCCCCCCCCC. The summed E-state index contributed by atoms with van der Waals surface area (Å²) < 4.78 is 11.3. The van der Waals surface area contributed by atoms with E-state index in [0.29, 0.717) is 6.42 Å². The van der Waals surface area contributed by atoms with Crippen molar-refractivity contribution >= 4 is 5.91 Å². The van der Waals surface area contributed by atoms with Crippen LogP contribution in [0.3, 0.4) is 0 Å². The van der Waals surface area contributed by atoms with Crippen LogP contribution in [0.1, 0.15) is 290 Å². The van der Waals surface area contributed by atoms with Gasteiger partial charge in [0.1, 0.15) is 24.4 Å². The number of hydrogen-bond acceptors (Lipinski definition) is 8. The summed E-state index contributed by atoms with van der Waals surface area (Å²) in [6.07, 6.45) is 63.4. The number of unbranched alkanes of at least 4 members (excludes halogenated alkanes) is 37. The molecule has 9 heteroatoms. The Kier molecular flexibility index (Phi) is 49.8. The number of nitrogens with one attached hydrogen (secondary N) is 1. The smallest absolute Gasteiger partial charge is 0.220 e. The van der Waals surface area contributed by atoms with Gasteiger partial charge in [-0.05, 0) is 70.6 Å². The van der Waals surface area contributed by atoms with Crippen LogP contribution >= 0.6 is 0 Å². The van der Waals surface area contributed by atoms with E-state index in [1.54, 1.807) is 6.08 Å². The van der Waals surface area contributed by atoms with Crippen LogP contribution < -0.4 is 5.32 Å². The van der Waals surface area contributed by atoms with E-state index in [4.69, 9.17) is 9.47 Å². The number of aliphatic hydroxyl groups is 5. The third-order valence-electron chi connectivity index (χ3n) is 14.6. The van der Waals surface area contributed by atoms with Crippen molar-refractivity contribution in [2.75, 3.05) is 13.2 Å². The van der Waals surface area contributed by atoms with E-state index in [-0.39, 0.29) is 12.5 Å². The largest absolute Gasteiger partial charge is 0.394 e. The van der Waals surface area contributed by atoms with Crippen molar-refractivity contribution in [3.8, 4) is 0 Å². The Morgan fingerprint density at radius 3 is 1.17 bits per heavy atom. The molecule has 0 aliphatic carbocycles. The first-order valence-corrected chi connectivity index (χ1v) is 30.9. The molecular weight excluding hydrogens is 899 g/mol. The highest BCUT2D eigenvalue weighted by Crippen LogP contribution is 2.23. The quantitative estimate of drug-likeness (QED) is 0.0261. The fraction of sp³-hybridized carbons (Fsp3) is 0.857. The summed E-state index contributed by atoms with van der Waals surface area (Å²) in [5.41, 5.74) is 0. The van der Waals surface area contributed by atoms with Crippen molar-refractivity contribution in [3.05, 3.63) is 48.6 Å². The lowest BCUT2D eigenvalue weighted by atomic mass is 9.99. The van der Waals surface area contributed by atoms with E-state index in [1.165, 1.54) is 225 Å². The molecule has 0 saturated carbocycles. The molecule has 0 aromatic rings. The highest BCUT2D eigenvalue weighted by Gasteiger charge is 2.44. The fourth-order valence-electron chi connectivity index (χ4n) is 9.72. The zero-order valence-electron chi connectivity index (χ0n) is 46.9. The van der Waals surface area contributed by atoms with E-state index in [9.17, 15) is 30.3 Å². The van der Waals surface area contributed by atoms with Crippen LogP contribution in [0.5, 0.6) is 0 Å². The number of amides is 1. The summed E-state index contributed by atoms with van der Waals surface area (Å²) in [6.45, 7) is 3.79. The van der Waals surface area contributed by atoms with E-state index in [2.05, 4.69) is 55.6 Å². The molecule has 1 aliphatic rings. The predicted molar refractivity (Wildman–Crippen MR) is 304 cm³/mol. The van der Waals surface area contributed by atoms with Crippen LogP contribution in [0.15, 0.2) is 48.6 Å². The summed E-state index contributed by atoms with van der Waals surface area (Å²) >= 11 is 0. The third kappa shape index (κ3) is 41.4. The molecule has 72 heavy (non-hydrogen) atoms. The first kappa shape index (κ1) is 68.2. The van der Waals surface area contributed by atoms with Gasteiger partial charge >= 0.3 is 0 Å². The summed E-state index contributed by atoms with van der Waals surface area (Å²) in [7, 11) is 0. The van der Waals surface area contributed by atoms with Crippen molar-refractivity contribution in [2.45, 2.75) is 333 Å². The second kappa shape index (κ2) is 52.6. The van der Waals surface area contributed by atoms with Crippen LogP contribution in [0.2, 0.25) is 0 Å². The molecule has 1 rings (SSSR count). The molecule has 422 valence electrons. The van der Waals surface area contributed by atoms with Crippen molar-refractivity contribution in [2.24, 2.45) is 0 Å². The van der Waals surface area contributed by atoms with E-state index < -0.39 is 49.5 Å². The van der Waals surface area contributed by atoms with Gasteiger partial charge in [-0.25, -0.2) is 0 Å². The molecule has 1 amide bonds. The highest BCUT2D eigenvalue weighted by molar-refractivity contribution is 5.76. The lowest BCUT2D eigenvalue weighted by Gasteiger charge is -2.40.